The standard InChI is InChI=1S/C14H8O8/c15-11(16)6-2-1-5-3-8(12(17)18)10(14(21)22)9(13(19)20)7(5)4-6/h1-4H,(H,15,16)(H,17,18)(H,19,20)(H,21,22). The molecule has 0 aromatic heterocycles. The summed E-state index contributed by atoms with van der Waals surface area (Å²) in [5.41, 5.74) is -2.57. The van der Waals surface area contributed by atoms with E-state index in [1.54, 1.807) is 0 Å². The molecule has 0 bridgehead atoms. The number of carbonyl (C=O) groups is 4. The molecule has 0 saturated carbocycles. The molecule has 0 atom stereocenters. The van der Waals surface area contributed by atoms with Crippen molar-refractivity contribution >= 4 is 34.6 Å². The lowest BCUT2D eigenvalue weighted by Crippen LogP contribution is -2.15. The van der Waals surface area contributed by atoms with Crippen molar-refractivity contribution in [3.63, 3.8) is 0 Å². The van der Waals surface area contributed by atoms with Crippen LogP contribution in [-0.4, -0.2) is 44.3 Å². The lowest BCUT2D eigenvalue weighted by atomic mass is 9.92. The van der Waals surface area contributed by atoms with Crippen LogP contribution < -0.4 is 0 Å². The molecule has 2 aromatic rings. The van der Waals surface area contributed by atoms with Gasteiger partial charge in [0.1, 0.15) is 0 Å². The first-order chi connectivity index (χ1) is 10.2. The van der Waals surface area contributed by atoms with E-state index in [1.165, 1.54) is 12.1 Å². The van der Waals surface area contributed by atoms with E-state index in [0.29, 0.717) is 0 Å². The van der Waals surface area contributed by atoms with Crippen LogP contribution in [0.2, 0.25) is 0 Å². The Bertz CT molecular complexity index is 850. The van der Waals surface area contributed by atoms with E-state index in [9.17, 15) is 24.3 Å². The van der Waals surface area contributed by atoms with Crippen LogP contribution >= 0.6 is 0 Å². The van der Waals surface area contributed by atoms with Crippen LogP contribution in [0.3, 0.4) is 0 Å². The van der Waals surface area contributed by atoms with E-state index >= 15 is 0 Å². The number of hydrogen-bond donors (Lipinski definition) is 4. The molecule has 0 spiro atoms. The van der Waals surface area contributed by atoms with Gasteiger partial charge in [0.2, 0.25) is 0 Å². The van der Waals surface area contributed by atoms with E-state index in [0.717, 1.165) is 12.1 Å². The Morgan fingerprint density at radius 2 is 1.27 bits per heavy atom. The molecule has 2 aromatic carbocycles. The number of fused-ring (bicyclic) bond motifs is 1. The first kappa shape index (κ1) is 15.0. The first-order valence-corrected chi connectivity index (χ1v) is 5.78. The Morgan fingerprint density at radius 1 is 0.682 bits per heavy atom. The molecule has 0 saturated heterocycles. The summed E-state index contributed by atoms with van der Waals surface area (Å²) in [7, 11) is 0. The molecule has 112 valence electrons. The number of benzene rings is 2. The molecule has 8 nitrogen and oxygen atoms in total. The van der Waals surface area contributed by atoms with Crippen molar-refractivity contribution < 1.29 is 39.6 Å². The third kappa shape index (κ3) is 2.33. The predicted molar refractivity (Wildman–Crippen MR) is 71.8 cm³/mol. The average molecular weight is 304 g/mol. The van der Waals surface area contributed by atoms with E-state index in [-0.39, 0.29) is 16.3 Å². The number of aromatic carboxylic acids is 4. The summed E-state index contributed by atoms with van der Waals surface area (Å²) in [5, 5.41) is 36.4. The second kappa shape index (κ2) is 5.17. The number of rotatable bonds is 4. The normalized spacial score (nSPS) is 10.4. The van der Waals surface area contributed by atoms with Gasteiger partial charge in [-0.2, -0.15) is 0 Å². The van der Waals surface area contributed by atoms with Crippen molar-refractivity contribution in [2.45, 2.75) is 0 Å². The van der Waals surface area contributed by atoms with Crippen molar-refractivity contribution in [2.24, 2.45) is 0 Å². The van der Waals surface area contributed by atoms with Crippen LogP contribution in [0.1, 0.15) is 41.4 Å². The summed E-state index contributed by atoms with van der Waals surface area (Å²) in [4.78, 5) is 44.8. The van der Waals surface area contributed by atoms with Crippen LogP contribution in [0.25, 0.3) is 10.8 Å². The molecule has 0 amide bonds. The molecule has 2 rings (SSSR count). The fourth-order valence-corrected chi connectivity index (χ4v) is 2.14. The van der Waals surface area contributed by atoms with Crippen molar-refractivity contribution in [3.05, 3.63) is 46.5 Å². The zero-order valence-corrected chi connectivity index (χ0v) is 10.7. The molecule has 0 aliphatic carbocycles. The van der Waals surface area contributed by atoms with Crippen LogP contribution in [0.4, 0.5) is 0 Å². The van der Waals surface area contributed by atoms with E-state index in [1.807, 2.05) is 0 Å². The Hall–Kier alpha value is -3.42. The maximum atomic E-state index is 11.4. The minimum atomic E-state index is -1.72. The van der Waals surface area contributed by atoms with Gasteiger partial charge in [0.15, 0.2) is 0 Å². The molecule has 0 heterocycles. The zero-order valence-electron chi connectivity index (χ0n) is 10.7. The zero-order chi connectivity index (χ0) is 16.6. The molecular formula is C14H8O8. The highest BCUT2D eigenvalue weighted by Crippen LogP contribution is 2.28. The smallest absolute Gasteiger partial charge is 0.337 e. The van der Waals surface area contributed by atoms with Gasteiger partial charge in [0.05, 0.1) is 22.3 Å². The summed E-state index contributed by atoms with van der Waals surface area (Å²) in [6, 6.07) is 4.39. The Balaban J connectivity index is 3.04. The largest absolute Gasteiger partial charge is 0.478 e. The SMILES string of the molecule is O=C(O)c1ccc2cc(C(=O)O)c(C(=O)O)c(C(=O)O)c2c1. The van der Waals surface area contributed by atoms with Crippen molar-refractivity contribution in [1.82, 2.24) is 0 Å². The lowest BCUT2D eigenvalue weighted by molar-refractivity contribution is 0.0634. The van der Waals surface area contributed by atoms with Gasteiger partial charge in [0.25, 0.3) is 0 Å². The molecule has 0 fully saturated rings. The highest BCUT2D eigenvalue weighted by molar-refractivity contribution is 6.17. The monoisotopic (exact) mass is 304 g/mol. The number of carboxylic acid groups (broad SMARTS) is 4. The Kier molecular flexibility index (Phi) is 3.52. The van der Waals surface area contributed by atoms with Gasteiger partial charge >= 0.3 is 23.9 Å². The lowest BCUT2D eigenvalue weighted by Gasteiger charge is -2.11. The van der Waals surface area contributed by atoms with Gasteiger partial charge in [-0.3, -0.25) is 0 Å². The highest BCUT2D eigenvalue weighted by atomic mass is 16.4. The van der Waals surface area contributed by atoms with Crippen LogP contribution in [0.5, 0.6) is 0 Å². The van der Waals surface area contributed by atoms with E-state index in [4.69, 9.17) is 15.3 Å². The van der Waals surface area contributed by atoms with Crippen molar-refractivity contribution in [2.75, 3.05) is 0 Å². The highest BCUT2D eigenvalue weighted by Gasteiger charge is 2.27. The summed E-state index contributed by atoms with van der Waals surface area (Å²) in [6.45, 7) is 0. The van der Waals surface area contributed by atoms with E-state index < -0.39 is 40.6 Å². The predicted octanol–water partition coefficient (Wildman–Crippen LogP) is 1.63. The quantitative estimate of drug-likeness (QED) is 0.665. The minimum absolute atomic E-state index is 0.116. The summed E-state index contributed by atoms with van der Waals surface area (Å²) in [5.74, 6) is -6.30. The Labute approximate surface area is 121 Å². The van der Waals surface area contributed by atoms with Gasteiger partial charge in [-0.15, -0.1) is 0 Å². The van der Waals surface area contributed by atoms with Gasteiger partial charge in [-0.1, -0.05) is 6.07 Å². The summed E-state index contributed by atoms with van der Waals surface area (Å²) in [6.07, 6.45) is 0. The number of carboxylic acids is 4. The molecular weight excluding hydrogens is 296 g/mol. The number of hydrogen-bond acceptors (Lipinski definition) is 4. The first-order valence-electron chi connectivity index (χ1n) is 5.78. The third-order valence-electron chi connectivity index (χ3n) is 3.05. The molecule has 22 heavy (non-hydrogen) atoms. The molecule has 0 aliphatic heterocycles. The van der Waals surface area contributed by atoms with Gasteiger partial charge < -0.3 is 20.4 Å². The topological polar surface area (TPSA) is 149 Å². The Morgan fingerprint density at radius 3 is 1.73 bits per heavy atom. The second-order valence-electron chi connectivity index (χ2n) is 4.33. The summed E-state index contributed by atoms with van der Waals surface area (Å²) < 4.78 is 0. The summed E-state index contributed by atoms with van der Waals surface area (Å²) >= 11 is 0. The van der Waals surface area contributed by atoms with Crippen LogP contribution in [-0.2, 0) is 0 Å². The van der Waals surface area contributed by atoms with Crippen LogP contribution in [0, 0.1) is 0 Å². The van der Waals surface area contributed by atoms with Crippen molar-refractivity contribution in [3.8, 4) is 0 Å². The third-order valence-corrected chi connectivity index (χ3v) is 3.05. The van der Waals surface area contributed by atoms with Gasteiger partial charge in [-0.25, -0.2) is 19.2 Å². The second-order valence-corrected chi connectivity index (χ2v) is 4.33. The fourth-order valence-electron chi connectivity index (χ4n) is 2.14. The van der Waals surface area contributed by atoms with E-state index in [2.05, 4.69) is 0 Å². The van der Waals surface area contributed by atoms with Gasteiger partial charge in [-0.05, 0) is 29.0 Å². The minimum Gasteiger partial charge on any atom is -0.478 e. The fraction of sp³-hybridized carbons (Fsp3) is 0. The van der Waals surface area contributed by atoms with Crippen molar-refractivity contribution in [1.29, 1.82) is 0 Å². The molecule has 8 heteroatoms. The van der Waals surface area contributed by atoms with Gasteiger partial charge in [0, 0.05) is 0 Å². The molecule has 4 N–H and O–H groups in total. The molecule has 0 radical (unpaired) electrons. The maximum Gasteiger partial charge on any atom is 0.337 e. The molecule has 0 unspecified atom stereocenters. The molecule has 0 aliphatic rings. The average Bonchev–Trinajstić information content (AvgIpc) is 2.43. The van der Waals surface area contributed by atoms with Crippen LogP contribution in [0.15, 0.2) is 24.3 Å². The maximum absolute atomic E-state index is 11.4.